The van der Waals surface area contributed by atoms with Crippen LogP contribution >= 0.6 is 24.0 Å². The number of hydrogen-bond donors (Lipinski definition) is 1. The minimum absolute atomic E-state index is 0. The summed E-state index contributed by atoms with van der Waals surface area (Å²) in [5.74, 6) is -0.410. The summed E-state index contributed by atoms with van der Waals surface area (Å²) < 4.78 is 0. The predicted molar refractivity (Wildman–Crippen MR) is 87.6 cm³/mol. The number of nitro benzene ring substituents is 1. The molecule has 0 aliphatic carbocycles. The summed E-state index contributed by atoms with van der Waals surface area (Å²) in [4.78, 5) is 24.7. The van der Waals surface area contributed by atoms with E-state index in [0.29, 0.717) is 19.5 Å². The van der Waals surface area contributed by atoms with Gasteiger partial charge in [-0.15, -0.1) is 12.4 Å². The number of carbonyl (C=O) groups is 1. The zero-order valence-corrected chi connectivity index (χ0v) is 14.0. The van der Waals surface area contributed by atoms with Crippen molar-refractivity contribution >= 4 is 35.6 Å². The van der Waals surface area contributed by atoms with E-state index in [-0.39, 0.29) is 40.1 Å². The van der Waals surface area contributed by atoms with E-state index in [2.05, 4.69) is 0 Å². The summed E-state index contributed by atoms with van der Waals surface area (Å²) in [7, 11) is 0. The Bertz CT molecular complexity index is 593. The molecule has 1 heterocycles. The smallest absolute Gasteiger partial charge is 0.283 e. The Hall–Kier alpha value is -1.37. The van der Waals surface area contributed by atoms with Crippen LogP contribution in [0.25, 0.3) is 0 Å². The van der Waals surface area contributed by atoms with Crippen molar-refractivity contribution in [3.05, 3.63) is 38.9 Å². The lowest BCUT2D eigenvalue weighted by molar-refractivity contribution is -0.385. The lowest BCUT2D eigenvalue weighted by atomic mass is 9.79. The van der Waals surface area contributed by atoms with Crippen molar-refractivity contribution < 1.29 is 9.72 Å². The van der Waals surface area contributed by atoms with E-state index < -0.39 is 10.8 Å². The first kappa shape index (κ1) is 18.7. The number of benzene rings is 1. The highest BCUT2D eigenvalue weighted by atomic mass is 35.5. The van der Waals surface area contributed by atoms with Crippen molar-refractivity contribution in [2.24, 2.45) is 11.1 Å². The lowest BCUT2D eigenvalue weighted by Gasteiger charge is -2.42. The maximum atomic E-state index is 12.6. The van der Waals surface area contributed by atoms with Gasteiger partial charge in [0.15, 0.2) is 0 Å². The van der Waals surface area contributed by atoms with Gasteiger partial charge in [-0.3, -0.25) is 14.9 Å². The summed E-state index contributed by atoms with van der Waals surface area (Å²) in [6, 6.07) is 4.25. The van der Waals surface area contributed by atoms with Gasteiger partial charge in [0.1, 0.15) is 5.56 Å². The molecule has 0 bridgehead atoms. The number of nitro groups is 1. The molecule has 0 saturated carbocycles. The summed E-state index contributed by atoms with van der Waals surface area (Å²) in [5.41, 5.74) is 5.51. The SMILES string of the molecule is CC1(C)CN(C(=O)c2c(Cl)cccc2[N+](=O)[O-])CCC1N.Cl. The third-order valence-corrected chi connectivity index (χ3v) is 4.32. The normalized spacial score (nSPS) is 20.2. The zero-order chi connectivity index (χ0) is 15.8. The molecule has 1 fully saturated rings. The Balaban J connectivity index is 0.00000242. The fraction of sp³-hybridized carbons (Fsp3) is 0.500. The minimum atomic E-state index is -0.583. The van der Waals surface area contributed by atoms with Crippen LogP contribution < -0.4 is 5.73 Å². The number of amides is 1. The van der Waals surface area contributed by atoms with Gasteiger partial charge in [-0.2, -0.15) is 0 Å². The van der Waals surface area contributed by atoms with Crippen LogP contribution in [-0.2, 0) is 0 Å². The van der Waals surface area contributed by atoms with Crippen molar-refractivity contribution in [3.8, 4) is 0 Å². The summed E-state index contributed by atoms with van der Waals surface area (Å²) in [6.07, 6.45) is 0.664. The molecule has 2 N–H and O–H groups in total. The first-order chi connectivity index (χ1) is 9.74. The van der Waals surface area contributed by atoms with Crippen LogP contribution in [0.1, 0.15) is 30.6 Å². The number of nitrogens with two attached hydrogens (primary N) is 1. The van der Waals surface area contributed by atoms with Crippen molar-refractivity contribution in [2.45, 2.75) is 26.3 Å². The Morgan fingerprint density at radius 1 is 1.50 bits per heavy atom. The number of piperidine rings is 1. The number of rotatable bonds is 2. The predicted octanol–water partition coefficient (Wildman–Crippen LogP) is 2.87. The molecule has 2 rings (SSSR count). The van der Waals surface area contributed by atoms with Crippen LogP contribution in [-0.4, -0.2) is 34.9 Å². The first-order valence-electron chi connectivity index (χ1n) is 6.72. The standard InChI is InChI=1S/C14H18ClN3O3.ClH/c1-14(2)8-17(7-6-11(14)16)13(19)12-9(15)4-3-5-10(12)18(20)21;/h3-5,11H,6-8,16H2,1-2H3;1H. The molecule has 1 unspecified atom stereocenters. The number of carbonyl (C=O) groups excluding carboxylic acids is 1. The molecule has 22 heavy (non-hydrogen) atoms. The van der Waals surface area contributed by atoms with Crippen molar-refractivity contribution in [1.82, 2.24) is 4.90 Å². The fourth-order valence-corrected chi connectivity index (χ4v) is 2.83. The molecule has 1 saturated heterocycles. The number of halogens is 2. The molecule has 1 aliphatic rings. The highest BCUT2D eigenvalue weighted by Crippen LogP contribution is 2.32. The van der Waals surface area contributed by atoms with E-state index in [4.69, 9.17) is 17.3 Å². The van der Waals surface area contributed by atoms with Crippen LogP contribution in [0.15, 0.2) is 18.2 Å². The zero-order valence-electron chi connectivity index (χ0n) is 12.4. The van der Waals surface area contributed by atoms with Crippen LogP contribution in [0.4, 0.5) is 5.69 Å². The molecule has 0 aromatic heterocycles. The maximum Gasteiger partial charge on any atom is 0.283 e. The molecular weight excluding hydrogens is 329 g/mol. The van der Waals surface area contributed by atoms with Crippen LogP contribution in [0.5, 0.6) is 0 Å². The van der Waals surface area contributed by atoms with E-state index >= 15 is 0 Å². The summed E-state index contributed by atoms with van der Waals surface area (Å²) in [5, 5.41) is 11.2. The Labute approximate surface area is 140 Å². The average molecular weight is 348 g/mol. The Morgan fingerprint density at radius 2 is 2.14 bits per heavy atom. The molecule has 1 aromatic rings. The van der Waals surface area contributed by atoms with Crippen molar-refractivity contribution in [2.75, 3.05) is 13.1 Å². The van der Waals surface area contributed by atoms with Gasteiger partial charge in [-0.05, 0) is 17.9 Å². The molecule has 1 atom stereocenters. The van der Waals surface area contributed by atoms with E-state index in [1.54, 1.807) is 4.90 Å². The van der Waals surface area contributed by atoms with Crippen LogP contribution in [0.3, 0.4) is 0 Å². The lowest BCUT2D eigenvalue weighted by Crippen LogP contribution is -2.54. The second-order valence-corrected chi connectivity index (χ2v) is 6.41. The van der Waals surface area contributed by atoms with Gasteiger partial charge in [-0.1, -0.05) is 31.5 Å². The molecule has 6 nitrogen and oxygen atoms in total. The number of nitrogens with zero attached hydrogens (tertiary/aromatic N) is 2. The molecule has 122 valence electrons. The van der Waals surface area contributed by atoms with Crippen molar-refractivity contribution in [1.29, 1.82) is 0 Å². The average Bonchev–Trinajstić information content (AvgIpc) is 2.40. The van der Waals surface area contributed by atoms with Gasteiger partial charge >= 0.3 is 0 Å². The second kappa shape index (κ2) is 6.81. The third kappa shape index (κ3) is 3.51. The number of likely N-dealkylation sites (tertiary alicyclic amines) is 1. The largest absolute Gasteiger partial charge is 0.338 e. The minimum Gasteiger partial charge on any atom is -0.338 e. The van der Waals surface area contributed by atoms with Gasteiger partial charge in [0, 0.05) is 25.2 Å². The molecule has 8 heteroatoms. The topological polar surface area (TPSA) is 89.5 Å². The Morgan fingerprint density at radius 3 is 2.68 bits per heavy atom. The molecule has 0 spiro atoms. The number of hydrogen-bond acceptors (Lipinski definition) is 4. The van der Waals surface area contributed by atoms with Crippen LogP contribution in [0, 0.1) is 15.5 Å². The van der Waals surface area contributed by atoms with Crippen molar-refractivity contribution in [3.63, 3.8) is 0 Å². The fourth-order valence-electron chi connectivity index (χ4n) is 2.58. The van der Waals surface area contributed by atoms with Gasteiger partial charge in [-0.25, -0.2) is 0 Å². The molecule has 1 amide bonds. The van der Waals surface area contributed by atoms with E-state index in [9.17, 15) is 14.9 Å². The molecule has 1 aliphatic heterocycles. The van der Waals surface area contributed by atoms with E-state index in [1.165, 1.54) is 18.2 Å². The summed E-state index contributed by atoms with van der Waals surface area (Å²) in [6.45, 7) is 4.90. The van der Waals surface area contributed by atoms with Gasteiger partial charge in [0.05, 0.1) is 9.95 Å². The molecule has 0 radical (unpaired) electrons. The van der Waals surface area contributed by atoms with E-state index in [1.807, 2.05) is 13.8 Å². The quantitative estimate of drug-likeness (QED) is 0.657. The van der Waals surface area contributed by atoms with Gasteiger partial charge in [0.25, 0.3) is 11.6 Å². The molecular formula is C14H19Cl2N3O3. The van der Waals surface area contributed by atoms with Gasteiger partial charge < -0.3 is 10.6 Å². The first-order valence-corrected chi connectivity index (χ1v) is 7.09. The second-order valence-electron chi connectivity index (χ2n) is 6.00. The molecule has 1 aromatic carbocycles. The van der Waals surface area contributed by atoms with Crippen LogP contribution in [0.2, 0.25) is 5.02 Å². The summed E-state index contributed by atoms with van der Waals surface area (Å²) >= 11 is 6.01. The Kier molecular flexibility index (Phi) is 5.78. The van der Waals surface area contributed by atoms with E-state index in [0.717, 1.165) is 0 Å². The third-order valence-electron chi connectivity index (χ3n) is 4.00. The highest BCUT2D eigenvalue weighted by Gasteiger charge is 2.37. The maximum absolute atomic E-state index is 12.6. The highest BCUT2D eigenvalue weighted by molar-refractivity contribution is 6.34. The van der Waals surface area contributed by atoms with Gasteiger partial charge in [0.2, 0.25) is 0 Å². The monoisotopic (exact) mass is 347 g/mol.